The zero-order valence-corrected chi connectivity index (χ0v) is 11.2. The quantitative estimate of drug-likeness (QED) is 0.302. The monoisotopic (exact) mass is 217 g/mol. The Kier molecular flexibility index (Phi) is 8.05. The van der Waals surface area contributed by atoms with Crippen LogP contribution >= 0.6 is 11.8 Å². The lowest BCUT2D eigenvalue weighted by molar-refractivity contribution is -0.466. The Morgan fingerprint density at radius 1 is 1.14 bits per heavy atom. The normalized spacial score (nSPS) is 10.1. The fraction of sp³-hybridized carbons (Fsp3) is 0.909. The van der Waals surface area contributed by atoms with E-state index in [1.54, 1.807) is 0 Å². The van der Waals surface area contributed by atoms with E-state index in [0.29, 0.717) is 0 Å². The highest BCUT2D eigenvalue weighted by Gasteiger charge is 2.16. The first-order chi connectivity index (χ1) is 6.67. The van der Waals surface area contributed by atoms with E-state index in [-0.39, 0.29) is 0 Å². The fourth-order valence-electron chi connectivity index (χ4n) is 1.31. The van der Waals surface area contributed by atoms with E-state index in [4.69, 9.17) is 0 Å². The molecule has 0 fully saturated rings. The van der Waals surface area contributed by atoms with Crippen LogP contribution in [0.2, 0.25) is 0 Å². The third-order valence-corrected chi connectivity index (χ3v) is 3.52. The number of unbranched alkanes of at least 4 members (excludes halogenated alkanes) is 1. The van der Waals surface area contributed by atoms with Gasteiger partial charge in [-0.15, -0.1) is 0 Å². The molecule has 14 heavy (non-hydrogen) atoms. The maximum absolute atomic E-state index is 2.42. The van der Waals surface area contributed by atoms with Gasteiger partial charge in [0, 0.05) is 5.75 Å². The first-order valence-electron chi connectivity index (χ1n) is 5.59. The second-order valence-corrected chi connectivity index (χ2v) is 4.61. The molecule has 0 spiro atoms. The average molecular weight is 217 g/mol. The van der Waals surface area contributed by atoms with Crippen LogP contribution in [0, 0.1) is 0 Å². The summed E-state index contributed by atoms with van der Waals surface area (Å²) in [5.74, 6) is 1.24. The van der Waals surface area contributed by atoms with Gasteiger partial charge in [-0.2, -0.15) is 0 Å². The number of thioether (sulfide) groups is 1. The van der Waals surface area contributed by atoms with E-state index in [1.807, 2.05) is 11.8 Å². The van der Waals surface area contributed by atoms with Crippen LogP contribution in [-0.4, -0.2) is 47.6 Å². The van der Waals surface area contributed by atoms with Gasteiger partial charge in [0.1, 0.15) is 0 Å². The second kappa shape index (κ2) is 8.16. The molecule has 84 valence electrons. The van der Waals surface area contributed by atoms with Crippen molar-refractivity contribution in [3.8, 4) is 0 Å². The molecular formula is C11H25N2S+. The van der Waals surface area contributed by atoms with Crippen molar-refractivity contribution in [3.63, 3.8) is 0 Å². The summed E-state index contributed by atoms with van der Waals surface area (Å²) in [4.78, 5) is 2.42. The zero-order chi connectivity index (χ0) is 11.0. The van der Waals surface area contributed by atoms with Gasteiger partial charge in [0.15, 0.2) is 0 Å². The molecule has 0 aliphatic rings. The second-order valence-electron chi connectivity index (χ2n) is 3.55. The smallest absolute Gasteiger partial charge is 0.262 e. The lowest BCUT2D eigenvalue weighted by Gasteiger charge is -2.16. The molecule has 0 aromatic rings. The largest absolute Gasteiger partial charge is 0.307 e. The molecule has 0 unspecified atom stereocenters. The number of nitrogens with zero attached hydrogens (tertiary/aromatic N) is 2. The molecule has 0 saturated carbocycles. The number of amidine groups is 1. The molecule has 0 amide bonds. The van der Waals surface area contributed by atoms with Gasteiger partial charge in [0.2, 0.25) is 0 Å². The Labute approximate surface area is 93.4 Å². The van der Waals surface area contributed by atoms with Gasteiger partial charge in [0.05, 0.1) is 27.2 Å². The Morgan fingerprint density at radius 2 is 1.71 bits per heavy atom. The average Bonchev–Trinajstić information content (AvgIpc) is 2.17. The van der Waals surface area contributed by atoms with Crippen LogP contribution in [-0.2, 0) is 0 Å². The summed E-state index contributed by atoms with van der Waals surface area (Å²) < 4.78 is 2.23. The maximum atomic E-state index is 2.42. The minimum absolute atomic E-state index is 1.10. The topological polar surface area (TPSA) is 6.25 Å². The standard InChI is InChI=1S/C11H25N2S/c1-6-9-10-14-11(12(4)5)13(7-2)8-3/h6-10H2,1-5H3/q+1. The summed E-state index contributed by atoms with van der Waals surface area (Å²) in [6, 6.07) is 0. The minimum Gasteiger partial charge on any atom is -0.262 e. The van der Waals surface area contributed by atoms with E-state index in [1.165, 1.54) is 23.8 Å². The highest BCUT2D eigenvalue weighted by atomic mass is 32.2. The first-order valence-corrected chi connectivity index (χ1v) is 6.57. The molecule has 0 bridgehead atoms. The lowest BCUT2D eigenvalue weighted by atomic mass is 10.4. The molecule has 3 heteroatoms. The van der Waals surface area contributed by atoms with Crippen molar-refractivity contribution >= 4 is 16.9 Å². The van der Waals surface area contributed by atoms with E-state index in [0.717, 1.165) is 13.1 Å². The van der Waals surface area contributed by atoms with Crippen LogP contribution in [0.5, 0.6) is 0 Å². The van der Waals surface area contributed by atoms with Crippen LogP contribution in [0.1, 0.15) is 33.6 Å². The molecule has 0 aromatic heterocycles. The minimum atomic E-state index is 1.10. The predicted molar refractivity (Wildman–Crippen MR) is 67.4 cm³/mol. The van der Waals surface area contributed by atoms with Gasteiger partial charge in [-0.25, -0.2) is 0 Å². The molecule has 0 aromatic carbocycles. The summed E-state index contributed by atoms with van der Waals surface area (Å²) in [6.07, 6.45) is 2.59. The number of rotatable bonds is 5. The Hall–Kier alpha value is -0.180. The molecule has 0 saturated heterocycles. The summed E-state index contributed by atoms with van der Waals surface area (Å²) in [5.41, 5.74) is 0. The highest BCUT2D eigenvalue weighted by molar-refractivity contribution is 8.13. The number of hydrogen-bond donors (Lipinski definition) is 0. The van der Waals surface area contributed by atoms with Gasteiger partial charge in [-0.1, -0.05) is 13.3 Å². The van der Waals surface area contributed by atoms with Gasteiger partial charge >= 0.3 is 5.17 Å². The third kappa shape index (κ3) is 4.89. The molecule has 0 radical (unpaired) electrons. The van der Waals surface area contributed by atoms with E-state index < -0.39 is 0 Å². The van der Waals surface area contributed by atoms with Crippen LogP contribution in [0.25, 0.3) is 0 Å². The number of hydrogen-bond acceptors (Lipinski definition) is 1. The fourth-order valence-corrected chi connectivity index (χ4v) is 2.62. The Balaban J connectivity index is 4.23. The van der Waals surface area contributed by atoms with Gasteiger partial charge in [0.25, 0.3) is 0 Å². The van der Waals surface area contributed by atoms with Crippen molar-refractivity contribution in [1.29, 1.82) is 0 Å². The summed E-state index contributed by atoms with van der Waals surface area (Å²) in [6.45, 7) is 8.88. The van der Waals surface area contributed by atoms with E-state index in [9.17, 15) is 0 Å². The van der Waals surface area contributed by atoms with E-state index >= 15 is 0 Å². The van der Waals surface area contributed by atoms with Crippen LogP contribution in [0.15, 0.2) is 0 Å². The van der Waals surface area contributed by atoms with Crippen LogP contribution < -0.4 is 0 Å². The summed E-state index contributed by atoms with van der Waals surface area (Å²) >= 11 is 1.98. The van der Waals surface area contributed by atoms with Crippen molar-refractivity contribution < 1.29 is 4.58 Å². The lowest BCUT2D eigenvalue weighted by Crippen LogP contribution is -2.33. The van der Waals surface area contributed by atoms with E-state index in [2.05, 4.69) is 44.3 Å². The Bertz CT molecular complexity index is 170. The van der Waals surface area contributed by atoms with Crippen molar-refractivity contribution in [1.82, 2.24) is 4.90 Å². The van der Waals surface area contributed by atoms with Crippen LogP contribution in [0.3, 0.4) is 0 Å². The van der Waals surface area contributed by atoms with Crippen LogP contribution in [0.4, 0.5) is 0 Å². The molecule has 0 heterocycles. The van der Waals surface area contributed by atoms with Gasteiger partial charge < -0.3 is 0 Å². The molecule has 0 N–H and O–H groups in total. The predicted octanol–water partition coefficient (Wildman–Crippen LogP) is 2.49. The van der Waals surface area contributed by atoms with Crippen molar-refractivity contribution in [2.45, 2.75) is 33.6 Å². The molecule has 2 nitrogen and oxygen atoms in total. The Morgan fingerprint density at radius 3 is 2.07 bits per heavy atom. The molecule has 0 aliphatic carbocycles. The van der Waals surface area contributed by atoms with Crippen molar-refractivity contribution in [2.24, 2.45) is 0 Å². The highest BCUT2D eigenvalue weighted by Crippen LogP contribution is 2.10. The molecule has 0 rings (SSSR count). The van der Waals surface area contributed by atoms with Gasteiger partial charge in [-0.3, -0.25) is 9.48 Å². The third-order valence-electron chi connectivity index (χ3n) is 2.15. The first kappa shape index (κ1) is 13.8. The molecule has 0 atom stereocenters. The summed E-state index contributed by atoms with van der Waals surface area (Å²) in [5, 5.41) is 1.41. The van der Waals surface area contributed by atoms with Crippen molar-refractivity contribution in [3.05, 3.63) is 0 Å². The molecular weight excluding hydrogens is 192 g/mol. The maximum Gasteiger partial charge on any atom is 0.307 e. The molecule has 0 aliphatic heterocycles. The SMILES string of the molecule is CCCCSC(N(CC)CC)=[N+](C)C. The summed E-state index contributed by atoms with van der Waals surface area (Å²) in [7, 11) is 4.26. The zero-order valence-electron chi connectivity index (χ0n) is 10.3. The van der Waals surface area contributed by atoms with Crippen molar-refractivity contribution in [2.75, 3.05) is 32.9 Å². The van der Waals surface area contributed by atoms with Gasteiger partial charge in [-0.05, 0) is 32.0 Å².